The van der Waals surface area contributed by atoms with Crippen LogP contribution in [-0.4, -0.2) is 0 Å². The average Bonchev–Trinajstić information content (AvgIpc) is 2.63. The molecule has 0 heteroatoms. The highest BCUT2D eigenvalue weighted by Gasteiger charge is 2.32. The van der Waals surface area contributed by atoms with Crippen LogP contribution in [0, 0.1) is 17.8 Å². The van der Waals surface area contributed by atoms with Gasteiger partial charge in [-0.25, -0.2) is 0 Å². The molecule has 1 aliphatic rings. The minimum atomic E-state index is 0.689. The maximum absolute atomic E-state index is 3.95. The fraction of sp³-hybridized carbons (Fsp3) is 0.500. The molecule has 0 saturated carbocycles. The summed E-state index contributed by atoms with van der Waals surface area (Å²) in [6, 6.07) is 0. The van der Waals surface area contributed by atoms with Crippen LogP contribution < -0.4 is 0 Å². The molecule has 0 bridgehead atoms. The summed E-state index contributed by atoms with van der Waals surface area (Å²) in [5.74, 6) is 2.18. The van der Waals surface area contributed by atoms with E-state index in [1.54, 1.807) is 0 Å². The van der Waals surface area contributed by atoms with E-state index in [2.05, 4.69) is 40.0 Å². The second kappa shape index (κ2) is 5.89. The van der Waals surface area contributed by atoms with E-state index in [-0.39, 0.29) is 0 Å². The summed E-state index contributed by atoms with van der Waals surface area (Å²) in [5, 5.41) is 0. The van der Waals surface area contributed by atoms with Crippen LogP contribution in [-0.2, 0) is 0 Å². The van der Waals surface area contributed by atoms with Crippen molar-refractivity contribution in [3.8, 4) is 0 Å². The Morgan fingerprint density at radius 3 is 2.50 bits per heavy atom. The first kappa shape index (κ1) is 13.0. The number of allylic oxidation sites excluding steroid dienone is 6. The molecule has 0 N–H and O–H groups in total. The van der Waals surface area contributed by atoms with Crippen molar-refractivity contribution in [2.24, 2.45) is 17.8 Å². The van der Waals surface area contributed by atoms with Crippen molar-refractivity contribution in [3.63, 3.8) is 0 Å². The van der Waals surface area contributed by atoms with Gasteiger partial charge >= 0.3 is 0 Å². The van der Waals surface area contributed by atoms with Crippen LogP contribution in [0.3, 0.4) is 0 Å². The summed E-state index contributed by atoms with van der Waals surface area (Å²) in [7, 11) is 0. The van der Waals surface area contributed by atoms with Crippen molar-refractivity contribution in [1.82, 2.24) is 0 Å². The zero-order valence-electron chi connectivity index (χ0n) is 10.9. The predicted molar refractivity (Wildman–Crippen MR) is 73.3 cm³/mol. The number of hydrogen-bond acceptors (Lipinski definition) is 0. The monoisotopic (exact) mass is 216 g/mol. The third-order valence-electron chi connectivity index (χ3n) is 3.62. The van der Waals surface area contributed by atoms with E-state index in [9.17, 15) is 0 Å². The van der Waals surface area contributed by atoms with Crippen molar-refractivity contribution in [1.29, 1.82) is 0 Å². The van der Waals surface area contributed by atoms with Crippen molar-refractivity contribution in [2.45, 2.75) is 33.6 Å². The van der Waals surface area contributed by atoms with Gasteiger partial charge in [0.1, 0.15) is 0 Å². The molecule has 2 atom stereocenters. The van der Waals surface area contributed by atoms with Gasteiger partial charge in [0.2, 0.25) is 0 Å². The van der Waals surface area contributed by atoms with Crippen LogP contribution in [0.4, 0.5) is 0 Å². The molecule has 0 aromatic carbocycles. The van der Waals surface area contributed by atoms with Crippen LogP contribution >= 0.6 is 0 Å². The van der Waals surface area contributed by atoms with E-state index in [0.717, 1.165) is 5.92 Å². The first-order chi connectivity index (χ1) is 7.65. The lowest BCUT2D eigenvalue weighted by atomic mass is 9.80. The lowest BCUT2D eigenvalue weighted by Crippen LogP contribution is -2.16. The maximum atomic E-state index is 3.95. The van der Waals surface area contributed by atoms with E-state index in [0.29, 0.717) is 11.8 Å². The Morgan fingerprint density at radius 2 is 2.06 bits per heavy atom. The van der Waals surface area contributed by atoms with Gasteiger partial charge in [0.15, 0.2) is 0 Å². The van der Waals surface area contributed by atoms with Crippen molar-refractivity contribution < 1.29 is 0 Å². The SMILES string of the molecule is C=C/C=C\C1=C(C=C)CC(CC)C1C(C)C. The van der Waals surface area contributed by atoms with E-state index < -0.39 is 0 Å². The summed E-state index contributed by atoms with van der Waals surface area (Å²) < 4.78 is 0. The van der Waals surface area contributed by atoms with Crippen LogP contribution in [0.15, 0.2) is 48.6 Å². The topological polar surface area (TPSA) is 0 Å². The minimum Gasteiger partial charge on any atom is -0.0991 e. The first-order valence-electron chi connectivity index (χ1n) is 6.30. The molecule has 0 nitrogen and oxygen atoms in total. The molecule has 2 unspecified atom stereocenters. The summed E-state index contributed by atoms with van der Waals surface area (Å²) in [6.45, 7) is 14.6. The largest absolute Gasteiger partial charge is 0.0991 e. The van der Waals surface area contributed by atoms with Crippen molar-refractivity contribution >= 4 is 0 Å². The highest BCUT2D eigenvalue weighted by atomic mass is 14.4. The predicted octanol–water partition coefficient (Wildman–Crippen LogP) is 4.91. The Hall–Kier alpha value is -1.04. The quantitative estimate of drug-likeness (QED) is 0.573. The minimum absolute atomic E-state index is 0.689. The van der Waals surface area contributed by atoms with E-state index >= 15 is 0 Å². The molecule has 1 aliphatic carbocycles. The number of rotatable bonds is 5. The van der Waals surface area contributed by atoms with Gasteiger partial charge in [0.05, 0.1) is 0 Å². The molecular weight excluding hydrogens is 192 g/mol. The highest BCUT2D eigenvalue weighted by Crippen LogP contribution is 2.44. The summed E-state index contributed by atoms with van der Waals surface area (Å²) in [6.07, 6.45) is 10.6. The lowest BCUT2D eigenvalue weighted by Gasteiger charge is -2.24. The fourth-order valence-electron chi connectivity index (χ4n) is 2.89. The zero-order valence-corrected chi connectivity index (χ0v) is 10.9. The van der Waals surface area contributed by atoms with Gasteiger partial charge in [-0.15, -0.1) is 0 Å². The van der Waals surface area contributed by atoms with Gasteiger partial charge in [-0.1, -0.05) is 64.7 Å². The smallest absolute Gasteiger partial charge is 0.0105 e. The average molecular weight is 216 g/mol. The van der Waals surface area contributed by atoms with Gasteiger partial charge < -0.3 is 0 Å². The molecule has 88 valence electrons. The summed E-state index contributed by atoms with van der Waals surface area (Å²) in [5.41, 5.74) is 2.92. The molecule has 0 aromatic rings. The molecule has 0 spiro atoms. The normalized spacial score (nSPS) is 25.8. The molecule has 1 rings (SSSR count). The van der Waals surface area contributed by atoms with Gasteiger partial charge in [0, 0.05) is 0 Å². The standard InChI is InChI=1S/C16H24/c1-6-9-10-15-13(7-2)11-14(8-3)16(15)12(4)5/h6-7,9-10,12,14,16H,1-2,8,11H2,3-5H3/b10-9-. The summed E-state index contributed by atoms with van der Waals surface area (Å²) in [4.78, 5) is 0. The molecule has 0 heterocycles. The molecular formula is C16H24. The van der Waals surface area contributed by atoms with E-state index in [1.165, 1.54) is 24.0 Å². The third-order valence-corrected chi connectivity index (χ3v) is 3.62. The van der Waals surface area contributed by atoms with Gasteiger partial charge in [-0.2, -0.15) is 0 Å². The molecule has 0 saturated heterocycles. The third kappa shape index (κ3) is 2.55. The van der Waals surface area contributed by atoms with Gasteiger partial charge in [-0.3, -0.25) is 0 Å². The molecule has 0 aromatic heterocycles. The Morgan fingerprint density at radius 1 is 1.38 bits per heavy atom. The zero-order chi connectivity index (χ0) is 12.1. The number of hydrogen-bond donors (Lipinski definition) is 0. The highest BCUT2D eigenvalue weighted by molar-refractivity contribution is 5.40. The maximum Gasteiger partial charge on any atom is -0.0105 e. The van der Waals surface area contributed by atoms with Crippen LogP contribution in [0.25, 0.3) is 0 Å². The van der Waals surface area contributed by atoms with Crippen molar-refractivity contribution in [2.75, 3.05) is 0 Å². The Balaban J connectivity index is 3.06. The first-order valence-corrected chi connectivity index (χ1v) is 6.30. The summed E-state index contributed by atoms with van der Waals surface area (Å²) >= 11 is 0. The fourth-order valence-corrected chi connectivity index (χ4v) is 2.89. The second-order valence-corrected chi connectivity index (χ2v) is 4.92. The van der Waals surface area contributed by atoms with Crippen molar-refractivity contribution in [3.05, 3.63) is 48.6 Å². The second-order valence-electron chi connectivity index (χ2n) is 4.92. The van der Waals surface area contributed by atoms with Gasteiger partial charge in [-0.05, 0) is 35.3 Å². The van der Waals surface area contributed by atoms with E-state index in [4.69, 9.17) is 0 Å². The Labute approximate surface area is 100 Å². The van der Waals surface area contributed by atoms with Gasteiger partial charge in [0.25, 0.3) is 0 Å². The lowest BCUT2D eigenvalue weighted by molar-refractivity contribution is 0.316. The Kier molecular flexibility index (Phi) is 4.79. The van der Waals surface area contributed by atoms with E-state index in [1.807, 2.05) is 18.2 Å². The molecule has 0 amide bonds. The molecule has 0 radical (unpaired) electrons. The van der Waals surface area contributed by atoms with Crippen LogP contribution in [0.5, 0.6) is 0 Å². The molecule has 16 heavy (non-hydrogen) atoms. The molecule has 0 aliphatic heterocycles. The molecule has 0 fully saturated rings. The Bertz CT molecular complexity index is 315. The van der Waals surface area contributed by atoms with Crippen LogP contribution in [0.2, 0.25) is 0 Å². The van der Waals surface area contributed by atoms with Crippen LogP contribution in [0.1, 0.15) is 33.6 Å².